The molecule has 2 heterocycles. The van der Waals surface area contributed by atoms with E-state index in [1.807, 2.05) is 13.0 Å². The summed E-state index contributed by atoms with van der Waals surface area (Å²) in [5.41, 5.74) is 2.44. The molecule has 0 bridgehead atoms. The Balaban J connectivity index is 2.49. The summed E-state index contributed by atoms with van der Waals surface area (Å²) in [5, 5.41) is 2.18. The number of hydrogen-bond acceptors (Lipinski definition) is 2. The van der Waals surface area contributed by atoms with E-state index in [2.05, 4.69) is 29.8 Å². The van der Waals surface area contributed by atoms with Gasteiger partial charge < -0.3 is 8.98 Å². The zero-order valence-electron chi connectivity index (χ0n) is 9.86. The zero-order valence-corrected chi connectivity index (χ0v) is 9.86. The second kappa shape index (κ2) is 3.48. The lowest BCUT2D eigenvalue weighted by Crippen LogP contribution is -1.98. The van der Waals surface area contributed by atoms with Gasteiger partial charge in [0, 0.05) is 35.6 Å². The van der Waals surface area contributed by atoms with Crippen LogP contribution in [0.4, 0.5) is 0 Å². The summed E-state index contributed by atoms with van der Waals surface area (Å²) in [6.45, 7) is 4.93. The Labute approximate surface area is 98.3 Å². The number of aromatic nitrogens is 1. The Morgan fingerprint density at radius 1 is 1.29 bits per heavy atom. The number of hydrogen-bond donors (Lipinski definition) is 0. The van der Waals surface area contributed by atoms with Gasteiger partial charge in [0.1, 0.15) is 5.58 Å². The molecule has 1 aromatic carbocycles. The van der Waals surface area contributed by atoms with Crippen molar-refractivity contribution in [1.29, 1.82) is 0 Å². The summed E-state index contributed by atoms with van der Waals surface area (Å²) in [6.07, 6.45) is 2.05. The molecular weight excluding hydrogens is 214 g/mol. The van der Waals surface area contributed by atoms with Gasteiger partial charge >= 0.3 is 5.63 Å². The second-order valence-corrected chi connectivity index (χ2v) is 4.26. The molecule has 0 saturated heterocycles. The third-order valence-corrected chi connectivity index (χ3v) is 3.18. The minimum absolute atomic E-state index is 0.288. The molecule has 0 aliphatic rings. The molecule has 3 rings (SSSR count). The Morgan fingerprint density at radius 3 is 2.88 bits per heavy atom. The molecule has 0 unspecified atom stereocenters. The van der Waals surface area contributed by atoms with Crippen LogP contribution in [0.1, 0.15) is 12.5 Å². The summed E-state index contributed by atoms with van der Waals surface area (Å²) in [4.78, 5) is 11.4. The van der Waals surface area contributed by atoms with Crippen molar-refractivity contribution in [2.45, 2.75) is 20.4 Å². The van der Waals surface area contributed by atoms with Gasteiger partial charge in [-0.25, -0.2) is 4.79 Å². The van der Waals surface area contributed by atoms with Crippen molar-refractivity contribution in [1.82, 2.24) is 4.57 Å². The molecule has 3 heteroatoms. The van der Waals surface area contributed by atoms with E-state index in [9.17, 15) is 4.79 Å². The van der Waals surface area contributed by atoms with Crippen molar-refractivity contribution < 1.29 is 4.42 Å². The lowest BCUT2D eigenvalue weighted by atomic mass is 10.1. The molecule has 0 N–H and O–H groups in total. The van der Waals surface area contributed by atoms with Crippen LogP contribution in [0.15, 0.2) is 39.7 Å². The first-order valence-corrected chi connectivity index (χ1v) is 5.72. The fraction of sp³-hybridized carbons (Fsp3) is 0.214. The summed E-state index contributed by atoms with van der Waals surface area (Å²) in [5.74, 6) is 0. The smallest absolute Gasteiger partial charge is 0.336 e. The first kappa shape index (κ1) is 10.1. The van der Waals surface area contributed by atoms with Gasteiger partial charge in [-0.2, -0.15) is 0 Å². The van der Waals surface area contributed by atoms with Crippen molar-refractivity contribution in [2.75, 3.05) is 0 Å². The third kappa shape index (κ3) is 1.46. The Hall–Kier alpha value is -2.03. The van der Waals surface area contributed by atoms with Crippen LogP contribution in [0.5, 0.6) is 0 Å². The molecule has 17 heavy (non-hydrogen) atoms. The number of nitrogens with zero attached hydrogens (tertiary/aromatic N) is 1. The number of rotatable bonds is 1. The quantitative estimate of drug-likeness (QED) is 0.599. The van der Waals surface area contributed by atoms with Crippen molar-refractivity contribution in [3.8, 4) is 0 Å². The second-order valence-electron chi connectivity index (χ2n) is 4.26. The molecular formula is C14H13NO2. The van der Waals surface area contributed by atoms with Gasteiger partial charge in [-0.3, -0.25) is 0 Å². The van der Waals surface area contributed by atoms with Gasteiger partial charge in [0.2, 0.25) is 0 Å². The molecule has 0 fully saturated rings. The van der Waals surface area contributed by atoms with Gasteiger partial charge in [-0.1, -0.05) is 0 Å². The van der Waals surface area contributed by atoms with Gasteiger partial charge in [0.05, 0.1) is 5.52 Å². The average molecular weight is 227 g/mol. The first-order chi connectivity index (χ1) is 8.19. The number of aryl methyl sites for hydroxylation is 2. The maximum atomic E-state index is 11.4. The normalized spacial score (nSPS) is 11.4. The van der Waals surface area contributed by atoms with E-state index in [0.717, 1.165) is 23.0 Å². The minimum atomic E-state index is -0.288. The van der Waals surface area contributed by atoms with E-state index in [1.54, 1.807) is 0 Å². The number of benzene rings is 1. The molecule has 0 aliphatic heterocycles. The lowest BCUT2D eigenvalue weighted by molar-refractivity contribution is 0.560. The van der Waals surface area contributed by atoms with Crippen molar-refractivity contribution in [3.63, 3.8) is 0 Å². The number of fused-ring (bicyclic) bond motifs is 2. The molecule has 2 aromatic heterocycles. The molecule has 0 aliphatic carbocycles. The van der Waals surface area contributed by atoms with E-state index < -0.39 is 0 Å². The van der Waals surface area contributed by atoms with Gasteiger partial charge in [-0.15, -0.1) is 0 Å². The van der Waals surface area contributed by atoms with Crippen molar-refractivity contribution in [2.24, 2.45) is 0 Å². The van der Waals surface area contributed by atoms with E-state index in [-0.39, 0.29) is 5.63 Å². The highest BCUT2D eigenvalue weighted by Gasteiger charge is 2.06. The van der Waals surface area contributed by atoms with Crippen molar-refractivity contribution in [3.05, 3.63) is 46.4 Å². The molecule has 0 saturated carbocycles. The maximum Gasteiger partial charge on any atom is 0.336 e. The summed E-state index contributed by atoms with van der Waals surface area (Å²) >= 11 is 0. The highest BCUT2D eigenvalue weighted by atomic mass is 16.4. The van der Waals surface area contributed by atoms with Crippen LogP contribution in [0, 0.1) is 6.92 Å². The van der Waals surface area contributed by atoms with E-state index in [4.69, 9.17) is 4.42 Å². The predicted molar refractivity (Wildman–Crippen MR) is 68.4 cm³/mol. The van der Waals surface area contributed by atoms with Crippen LogP contribution in [-0.2, 0) is 6.54 Å². The predicted octanol–water partition coefficient (Wildman–Crippen LogP) is 3.08. The molecule has 0 atom stereocenters. The van der Waals surface area contributed by atoms with E-state index in [1.165, 1.54) is 11.5 Å². The third-order valence-electron chi connectivity index (χ3n) is 3.18. The monoisotopic (exact) mass is 227 g/mol. The van der Waals surface area contributed by atoms with Gasteiger partial charge in [-0.05, 0) is 31.5 Å². The largest absolute Gasteiger partial charge is 0.423 e. The summed E-state index contributed by atoms with van der Waals surface area (Å²) < 4.78 is 7.39. The highest BCUT2D eigenvalue weighted by Crippen LogP contribution is 2.24. The maximum absolute atomic E-state index is 11.4. The minimum Gasteiger partial charge on any atom is -0.423 e. The fourth-order valence-corrected chi connectivity index (χ4v) is 2.28. The zero-order chi connectivity index (χ0) is 12.0. The van der Waals surface area contributed by atoms with Gasteiger partial charge in [0.25, 0.3) is 0 Å². The Morgan fingerprint density at radius 2 is 2.12 bits per heavy atom. The SMILES string of the molecule is CCn1ccc2cc3c(C)cc(=O)oc3cc21. The van der Waals surface area contributed by atoms with E-state index >= 15 is 0 Å². The van der Waals surface area contributed by atoms with Crippen molar-refractivity contribution >= 4 is 21.9 Å². The van der Waals surface area contributed by atoms with Crippen LogP contribution in [0.3, 0.4) is 0 Å². The standard InChI is InChI=1S/C14H13NO2/c1-3-15-5-4-10-7-11-9(2)6-14(16)17-13(11)8-12(10)15/h4-8H,3H2,1-2H3. The van der Waals surface area contributed by atoms with Gasteiger partial charge in [0.15, 0.2) is 0 Å². The molecule has 0 amide bonds. The average Bonchev–Trinajstić information content (AvgIpc) is 2.68. The molecule has 3 nitrogen and oxygen atoms in total. The fourth-order valence-electron chi connectivity index (χ4n) is 2.28. The van der Waals surface area contributed by atoms with Crippen LogP contribution in [0.2, 0.25) is 0 Å². The molecule has 0 radical (unpaired) electrons. The lowest BCUT2D eigenvalue weighted by Gasteiger charge is -2.03. The molecule has 3 aromatic rings. The van der Waals surface area contributed by atoms with Crippen LogP contribution in [-0.4, -0.2) is 4.57 Å². The summed E-state index contributed by atoms with van der Waals surface area (Å²) in [6, 6.07) is 7.64. The first-order valence-electron chi connectivity index (χ1n) is 5.72. The molecule has 0 spiro atoms. The Kier molecular flexibility index (Phi) is 2.08. The molecule has 86 valence electrons. The summed E-state index contributed by atoms with van der Waals surface area (Å²) in [7, 11) is 0. The van der Waals surface area contributed by atoms with Crippen LogP contribution in [0.25, 0.3) is 21.9 Å². The van der Waals surface area contributed by atoms with E-state index in [0.29, 0.717) is 5.58 Å². The van der Waals surface area contributed by atoms with Crippen LogP contribution < -0.4 is 5.63 Å². The topological polar surface area (TPSA) is 35.1 Å². The highest BCUT2D eigenvalue weighted by molar-refractivity contribution is 5.95. The Bertz CT molecular complexity index is 765. The van der Waals surface area contributed by atoms with Crippen LogP contribution >= 0.6 is 0 Å².